The highest BCUT2D eigenvalue weighted by Crippen LogP contribution is 2.17. The van der Waals surface area contributed by atoms with Gasteiger partial charge in [0.1, 0.15) is 17.5 Å². The number of sulfonamides is 1. The Labute approximate surface area is 185 Å². The first-order chi connectivity index (χ1) is 15.1. The Balaban J connectivity index is 1.60. The molecule has 0 fully saturated rings. The van der Waals surface area contributed by atoms with Crippen LogP contribution >= 0.6 is 0 Å². The quantitative estimate of drug-likeness (QED) is 0.428. The molecule has 0 aliphatic carbocycles. The molecule has 0 unspecified atom stereocenters. The number of carbonyl (C=O) groups is 2. The van der Waals surface area contributed by atoms with E-state index in [0.29, 0.717) is 11.5 Å². The van der Waals surface area contributed by atoms with E-state index >= 15 is 0 Å². The lowest BCUT2D eigenvalue weighted by atomic mass is 10.0. The number of nitrogens with one attached hydrogen (secondary N) is 2. The van der Waals surface area contributed by atoms with Gasteiger partial charge >= 0.3 is 0 Å². The first-order valence-electron chi connectivity index (χ1n) is 9.77. The third-order valence-corrected chi connectivity index (χ3v) is 5.56. The summed E-state index contributed by atoms with van der Waals surface area (Å²) in [6.07, 6.45) is 3.13. The van der Waals surface area contributed by atoms with Crippen molar-refractivity contribution in [2.45, 2.75) is 37.9 Å². The number of primary sulfonamides is 1. The lowest BCUT2D eigenvalue weighted by Crippen LogP contribution is -2.35. The fraction of sp³-hybridized carbons (Fsp3) is 0.300. The number of rotatable bonds is 9. The van der Waals surface area contributed by atoms with Gasteiger partial charge in [0.25, 0.3) is 5.91 Å². The second kappa shape index (κ2) is 9.75. The van der Waals surface area contributed by atoms with Crippen molar-refractivity contribution >= 4 is 21.8 Å². The van der Waals surface area contributed by atoms with Crippen molar-refractivity contribution in [3.63, 3.8) is 0 Å². The number of amides is 2. The summed E-state index contributed by atoms with van der Waals surface area (Å²) in [6, 6.07) is 8.17. The number of hydrogen-bond acceptors (Lipinski definition) is 7. The molecular weight excluding hydrogens is 436 g/mol. The van der Waals surface area contributed by atoms with Gasteiger partial charge in [-0.2, -0.15) is 0 Å². The van der Waals surface area contributed by atoms with Crippen LogP contribution in [0.1, 0.15) is 41.7 Å². The molecule has 3 rings (SSSR count). The van der Waals surface area contributed by atoms with Crippen LogP contribution in [0.25, 0.3) is 0 Å². The summed E-state index contributed by atoms with van der Waals surface area (Å²) in [7, 11) is -3.83. The Morgan fingerprint density at radius 1 is 1.12 bits per heavy atom. The SMILES string of the molecule is CC(C)[C@@H](C(=O)NCc1ccco1)n1cc(CNC(=O)c2ccc(S(N)(=O)=O)cc2)nn1. The van der Waals surface area contributed by atoms with E-state index in [9.17, 15) is 18.0 Å². The molecule has 0 saturated heterocycles. The summed E-state index contributed by atoms with van der Waals surface area (Å²) in [5.74, 6) is -0.0722. The molecule has 2 heterocycles. The Kier molecular flexibility index (Phi) is 7.05. The molecule has 1 aromatic carbocycles. The molecule has 32 heavy (non-hydrogen) atoms. The van der Waals surface area contributed by atoms with Gasteiger partial charge in [0.15, 0.2) is 0 Å². The molecule has 0 spiro atoms. The Morgan fingerprint density at radius 3 is 2.44 bits per heavy atom. The molecule has 0 aliphatic heterocycles. The Hall–Kier alpha value is -3.51. The van der Waals surface area contributed by atoms with Gasteiger partial charge < -0.3 is 15.1 Å². The number of carbonyl (C=O) groups excluding carboxylic acids is 2. The third-order valence-electron chi connectivity index (χ3n) is 4.63. The summed E-state index contributed by atoms with van der Waals surface area (Å²) in [6.45, 7) is 4.13. The predicted molar refractivity (Wildman–Crippen MR) is 113 cm³/mol. The van der Waals surface area contributed by atoms with Crippen molar-refractivity contribution in [3.05, 3.63) is 65.9 Å². The molecule has 3 aromatic rings. The van der Waals surface area contributed by atoms with Crippen LogP contribution in [0.2, 0.25) is 0 Å². The van der Waals surface area contributed by atoms with Crippen molar-refractivity contribution in [2.24, 2.45) is 11.1 Å². The second-order valence-electron chi connectivity index (χ2n) is 7.43. The van der Waals surface area contributed by atoms with E-state index in [2.05, 4.69) is 20.9 Å². The molecule has 0 radical (unpaired) electrons. The van der Waals surface area contributed by atoms with Crippen LogP contribution in [-0.2, 0) is 27.9 Å². The van der Waals surface area contributed by atoms with E-state index in [1.165, 1.54) is 35.2 Å². The highest BCUT2D eigenvalue weighted by atomic mass is 32.2. The van der Waals surface area contributed by atoms with Crippen LogP contribution in [0, 0.1) is 5.92 Å². The minimum atomic E-state index is -3.83. The van der Waals surface area contributed by atoms with Crippen LogP contribution < -0.4 is 15.8 Å². The molecule has 2 amide bonds. The monoisotopic (exact) mass is 460 g/mol. The molecular formula is C20H24N6O5S. The second-order valence-corrected chi connectivity index (χ2v) is 8.99. The Bertz CT molecular complexity index is 1170. The first kappa shape index (κ1) is 23.2. The normalized spacial score (nSPS) is 12.5. The number of furan rings is 1. The number of aromatic nitrogens is 3. The van der Waals surface area contributed by atoms with Gasteiger partial charge in [0.05, 0.1) is 30.4 Å². The van der Waals surface area contributed by atoms with Gasteiger partial charge in [-0.15, -0.1) is 5.10 Å². The van der Waals surface area contributed by atoms with Crippen LogP contribution in [0.4, 0.5) is 0 Å². The number of hydrogen-bond donors (Lipinski definition) is 3. The van der Waals surface area contributed by atoms with Gasteiger partial charge in [-0.05, 0) is 42.3 Å². The predicted octanol–water partition coefficient (Wildman–Crippen LogP) is 0.962. The van der Waals surface area contributed by atoms with Crippen molar-refractivity contribution in [3.8, 4) is 0 Å². The standard InChI is InChI=1S/C20H24N6O5S/c1-13(2)18(20(28)23-11-16-4-3-9-31-16)26-12-15(24-25-26)10-22-19(27)14-5-7-17(8-6-14)32(21,29)30/h3-9,12-13,18H,10-11H2,1-2H3,(H,22,27)(H,23,28)(H2,21,29,30)/t18-/m0/s1. The van der Waals surface area contributed by atoms with E-state index in [0.717, 1.165) is 0 Å². The molecule has 0 aliphatic rings. The summed E-state index contributed by atoms with van der Waals surface area (Å²) < 4.78 is 29.3. The van der Waals surface area contributed by atoms with Gasteiger partial charge in [0.2, 0.25) is 15.9 Å². The smallest absolute Gasteiger partial charge is 0.251 e. The number of nitrogens with two attached hydrogens (primary N) is 1. The molecule has 0 bridgehead atoms. The fourth-order valence-corrected chi connectivity index (χ4v) is 3.53. The van der Waals surface area contributed by atoms with Crippen molar-refractivity contribution in [1.82, 2.24) is 25.6 Å². The van der Waals surface area contributed by atoms with E-state index in [1.54, 1.807) is 18.3 Å². The fourth-order valence-electron chi connectivity index (χ4n) is 3.02. The van der Waals surface area contributed by atoms with Crippen LogP contribution in [0.3, 0.4) is 0 Å². The summed E-state index contributed by atoms with van der Waals surface area (Å²) in [5, 5.41) is 18.6. The zero-order valence-electron chi connectivity index (χ0n) is 17.6. The average Bonchev–Trinajstić information content (AvgIpc) is 3.42. The largest absolute Gasteiger partial charge is 0.467 e. The van der Waals surface area contributed by atoms with Crippen LogP contribution in [0.15, 0.2) is 58.2 Å². The highest BCUT2D eigenvalue weighted by Gasteiger charge is 2.25. The maximum absolute atomic E-state index is 12.7. The van der Waals surface area contributed by atoms with Gasteiger partial charge in [-0.1, -0.05) is 19.1 Å². The van der Waals surface area contributed by atoms with Crippen LogP contribution in [0.5, 0.6) is 0 Å². The van der Waals surface area contributed by atoms with E-state index in [1.807, 2.05) is 13.8 Å². The van der Waals surface area contributed by atoms with E-state index in [4.69, 9.17) is 9.56 Å². The minimum absolute atomic E-state index is 0.0620. The summed E-state index contributed by atoms with van der Waals surface area (Å²) >= 11 is 0. The third kappa shape index (κ3) is 5.80. The van der Waals surface area contributed by atoms with Crippen molar-refractivity contribution < 1.29 is 22.4 Å². The minimum Gasteiger partial charge on any atom is -0.467 e. The molecule has 2 aromatic heterocycles. The first-order valence-corrected chi connectivity index (χ1v) is 11.3. The van der Waals surface area contributed by atoms with E-state index < -0.39 is 22.0 Å². The Morgan fingerprint density at radius 2 is 1.84 bits per heavy atom. The summed E-state index contributed by atoms with van der Waals surface area (Å²) in [5.41, 5.74) is 0.728. The van der Waals surface area contributed by atoms with Crippen LogP contribution in [-0.4, -0.2) is 35.2 Å². The van der Waals surface area contributed by atoms with Crippen molar-refractivity contribution in [2.75, 3.05) is 0 Å². The summed E-state index contributed by atoms with van der Waals surface area (Å²) in [4.78, 5) is 24.9. The van der Waals surface area contributed by atoms with Gasteiger partial charge in [-0.3, -0.25) is 9.59 Å². The lowest BCUT2D eigenvalue weighted by Gasteiger charge is -2.19. The number of benzene rings is 1. The van der Waals surface area contributed by atoms with Crippen molar-refractivity contribution in [1.29, 1.82) is 0 Å². The molecule has 0 saturated carbocycles. The lowest BCUT2D eigenvalue weighted by molar-refractivity contribution is -0.126. The average molecular weight is 461 g/mol. The number of nitrogens with zero attached hydrogens (tertiary/aromatic N) is 3. The van der Waals surface area contributed by atoms with Gasteiger partial charge in [0, 0.05) is 5.56 Å². The maximum atomic E-state index is 12.7. The molecule has 11 nitrogen and oxygen atoms in total. The zero-order valence-corrected chi connectivity index (χ0v) is 18.4. The van der Waals surface area contributed by atoms with Gasteiger partial charge in [-0.25, -0.2) is 18.2 Å². The highest BCUT2D eigenvalue weighted by molar-refractivity contribution is 7.89. The maximum Gasteiger partial charge on any atom is 0.251 e. The van der Waals surface area contributed by atoms with E-state index in [-0.39, 0.29) is 35.4 Å². The molecule has 12 heteroatoms. The topological polar surface area (TPSA) is 162 Å². The molecule has 1 atom stereocenters. The zero-order chi connectivity index (χ0) is 23.3. The molecule has 4 N–H and O–H groups in total. The molecule has 170 valence electrons.